The molecule has 0 saturated carbocycles. The average Bonchev–Trinajstić information content (AvgIpc) is 2.19. The first-order valence-electron chi connectivity index (χ1n) is 4.77. The summed E-state index contributed by atoms with van der Waals surface area (Å²) in [5, 5.41) is 11.0. The van der Waals surface area contributed by atoms with Crippen LogP contribution in [-0.2, 0) is 10.3 Å². The van der Waals surface area contributed by atoms with Gasteiger partial charge in [0.25, 0.3) is 0 Å². The summed E-state index contributed by atoms with van der Waals surface area (Å²) in [4.78, 5) is 0. The number of ether oxygens (including phenoxy) is 1. The van der Waals surface area contributed by atoms with E-state index in [-0.39, 0.29) is 0 Å². The quantitative estimate of drug-likeness (QED) is 0.775. The third-order valence-electron chi connectivity index (χ3n) is 2.70. The van der Waals surface area contributed by atoms with E-state index in [0.29, 0.717) is 31.1 Å². The molecule has 1 aromatic carbocycles. The second kappa shape index (κ2) is 3.89. The molecule has 0 spiro atoms. The molecule has 1 fully saturated rings. The van der Waals surface area contributed by atoms with Crippen molar-refractivity contribution in [1.29, 1.82) is 0 Å². The number of aliphatic hydroxyl groups is 1. The fourth-order valence-electron chi connectivity index (χ4n) is 1.82. The van der Waals surface area contributed by atoms with Crippen molar-refractivity contribution in [3.05, 3.63) is 34.9 Å². The molecule has 1 saturated heterocycles. The predicted octanol–water partition coefficient (Wildman–Crippen LogP) is 2.34. The molecule has 76 valence electrons. The van der Waals surface area contributed by atoms with Gasteiger partial charge in [-0.1, -0.05) is 29.8 Å². The number of benzene rings is 1. The van der Waals surface area contributed by atoms with E-state index in [1.54, 1.807) is 0 Å². The first-order valence-corrected chi connectivity index (χ1v) is 5.15. The molecule has 1 aliphatic rings. The first-order chi connectivity index (χ1) is 6.72. The van der Waals surface area contributed by atoms with E-state index in [1.807, 2.05) is 24.3 Å². The van der Waals surface area contributed by atoms with Gasteiger partial charge in [-0.05, 0) is 6.07 Å². The van der Waals surface area contributed by atoms with Crippen molar-refractivity contribution in [3.8, 4) is 0 Å². The van der Waals surface area contributed by atoms with Gasteiger partial charge in [0.2, 0.25) is 0 Å². The molecule has 0 bridgehead atoms. The largest absolute Gasteiger partial charge is 0.385 e. The Kier molecular flexibility index (Phi) is 2.77. The van der Waals surface area contributed by atoms with Crippen molar-refractivity contribution < 1.29 is 9.84 Å². The smallest absolute Gasteiger partial charge is 0.0954 e. The lowest BCUT2D eigenvalue weighted by molar-refractivity contribution is -0.0678. The van der Waals surface area contributed by atoms with Crippen molar-refractivity contribution in [2.45, 2.75) is 18.4 Å². The van der Waals surface area contributed by atoms with Crippen molar-refractivity contribution >= 4 is 11.6 Å². The van der Waals surface area contributed by atoms with E-state index in [4.69, 9.17) is 16.3 Å². The fourth-order valence-corrected chi connectivity index (χ4v) is 2.13. The molecule has 0 radical (unpaired) electrons. The van der Waals surface area contributed by atoms with Crippen LogP contribution in [0.5, 0.6) is 0 Å². The Labute approximate surface area is 88.5 Å². The Morgan fingerprint density at radius 1 is 1.21 bits per heavy atom. The molecule has 2 rings (SSSR count). The third-order valence-corrected chi connectivity index (χ3v) is 3.02. The summed E-state index contributed by atoms with van der Waals surface area (Å²) < 4.78 is 5.22. The van der Waals surface area contributed by atoms with Gasteiger partial charge in [-0.15, -0.1) is 0 Å². The molecule has 14 heavy (non-hydrogen) atoms. The molecule has 0 aliphatic carbocycles. The highest BCUT2D eigenvalue weighted by atomic mass is 35.5. The molecule has 1 aromatic rings. The van der Waals surface area contributed by atoms with Crippen LogP contribution in [0.15, 0.2) is 24.3 Å². The van der Waals surface area contributed by atoms with E-state index in [2.05, 4.69) is 0 Å². The molecular weight excluding hydrogens is 200 g/mol. The molecule has 3 heteroatoms. The Morgan fingerprint density at radius 3 is 2.50 bits per heavy atom. The number of hydrogen-bond acceptors (Lipinski definition) is 2. The molecule has 0 amide bonds. The van der Waals surface area contributed by atoms with Crippen LogP contribution in [0.1, 0.15) is 18.4 Å². The highest BCUT2D eigenvalue weighted by molar-refractivity contribution is 6.31. The maximum atomic E-state index is 10.4. The van der Waals surface area contributed by atoms with Crippen LogP contribution in [0.25, 0.3) is 0 Å². The van der Waals surface area contributed by atoms with Crippen molar-refractivity contribution in [2.75, 3.05) is 13.2 Å². The number of halogens is 1. The van der Waals surface area contributed by atoms with E-state index in [9.17, 15) is 5.11 Å². The normalized spacial score (nSPS) is 20.7. The monoisotopic (exact) mass is 212 g/mol. The molecule has 1 heterocycles. The van der Waals surface area contributed by atoms with Crippen molar-refractivity contribution in [3.63, 3.8) is 0 Å². The highest BCUT2D eigenvalue weighted by Crippen LogP contribution is 2.35. The topological polar surface area (TPSA) is 29.5 Å². The zero-order valence-electron chi connectivity index (χ0n) is 7.87. The van der Waals surface area contributed by atoms with Gasteiger partial charge in [0.15, 0.2) is 0 Å². The van der Waals surface area contributed by atoms with Gasteiger partial charge in [-0.2, -0.15) is 0 Å². The average molecular weight is 213 g/mol. The second-order valence-corrected chi connectivity index (χ2v) is 4.03. The third kappa shape index (κ3) is 1.78. The second-order valence-electron chi connectivity index (χ2n) is 3.62. The minimum Gasteiger partial charge on any atom is -0.385 e. The van der Waals surface area contributed by atoms with Crippen molar-refractivity contribution in [2.24, 2.45) is 0 Å². The van der Waals surface area contributed by atoms with E-state index >= 15 is 0 Å². The summed E-state index contributed by atoms with van der Waals surface area (Å²) >= 11 is 6.05. The predicted molar refractivity (Wildman–Crippen MR) is 55.4 cm³/mol. The van der Waals surface area contributed by atoms with Gasteiger partial charge in [-0.3, -0.25) is 0 Å². The summed E-state index contributed by atoms with van der Waals surface area (Å²) in [6.45, 7) is 1.20. The lowest BCUT2D eigenvalue weighted by Crippen LogP contribution is -2.33. The molecular formula is C11H13ClO2. The van der Waals surface area contributed by atoms with Crippen LogP contribution in [0.4, 0.5) is 0 Å². The number of hydrogen-bond donors (Lipinski definition) is 1. The summed E-state index contributed by atoms with van der Waals surface area (Å²) in [6.07, 6.45) is 1.24. The van der Waals surface area contributed by atoms with Crippen LogP contribution in [0.3, 0.4) is 0 Å². The standard InChI is InChI=1S/C11H13ClO2/c12-10-4-2-1-3-9(10)11(13)5-7-14-8-6-11/h1-4,13H,5-8H2. The van der Waals surface area contributed by atoms with Gasteiger partial charge in [0.05, 0.1) is 5.60 Å². The van der Waals surface area contributed by atoms with Gasteiger partial charge >= 0.3 is 0 Å². The van der Waals surface area contributed by atoms with Crippen LogP contribution in [0, 0.1) is 0 Å². The Bertz CT molecular complexity index is 319. The zero-order valence-corrected chi connectivity index (χ0v) is 8.63. The molecule has 1 N–H and O–H groups in total. The minimum absolute atomic E-state index is 0.599. The number of rotatable bonds is 1. The summed E-state index contributed by atoms with van der Waals surface area (Å²) in [5.41, 5.74) is 0.0290. The molecule has 0 atom stereocenters. The zero-order chi connectivity index (χ0) is 10.0. The molecule has 0 aromatic heterocycles. The Balaban J connectivity index is 2.32. The van der Waals surface area contributed by atoms with Gasteiger partial charge in [0, 0.05) is 36.6 Å². The van der Waals surface area contributed by atoms with Crippen LogP contribution >= 0.6 is 11.6 Å². The lowest BCUT2D eigenvalue weighted by Gasteiger charge is -2.33. The lowest BCUT2D eigenvalue weighted by atomic mass is 9.86. The van der Waals surface area contributed by atoms with Crippen LogP contribution in [0.2, 0.25) is 5.02 Å². The first kappa shape index (κ1) is 9.97. The maximum absolute atomic E-state index is 10.4. The SMILES string of the molecule is OC1(c2ccccc2Cl)CCOCC1. The highest BCUT2D eigenvalue weighted by Gasteiger charge is 2.33. The maximum Gasteiger partial charge on any atom is 0.0954 e. The fraction of sp³-hybridized carbons (Fsp3) is 0.455. The van der Waals surface area contributed by atoms with E-state index < -0.39 is 5.60 Å². The summed E-state index contributed by atoms with van der Waals surface area (Å²) in [7, 11) is 0. The van der Waals surface area contributed by atoms with E-state index in [1.165, 1.54) is 0 Å². The van der Waals surface area contributed by atoms with Gasteiger partial charge in [-0.25, -0.2) is 0 Å². The summed E-state index contributed by atoms with van der Waals surface area (Å²) in [6, 6.07) is 7.46. The Morgan fingerprint density at radius 2 is 1.86 bits per heavy atom. The summed E-state index contributed by atoms with van der Waals surface area (Å²) in [5.74, 6) is 0. The van der Waals surface area contributed by atoms with E-state index in [0.717, 1.165) is 5.56 Å². The van der Waals surface area contributed by atoms with Gasteiger partial charge in [0.1, 0.15) is 0 Å². The molecule has 0 unspecified atom stereocenters. The molecule has 2 nitrogen and oxygen atoms in total. The Hall–Kier alpha value is -0.570. The van der Waals surface area contributed by atoms with Crippen LogP contribution in [-0.4, -0.2) is 18.3 Å². The molecule has 1 aliphatic heterocycles. The van der Waals surface area contributed by atoms with Gasteiger partial charge < -0.3 is 9.84 Å². The minimum atomic E-state index is -0.795. The van der Waals surface area contributed by atoms with Crippen molar-refractivity contribution in [1.82, 2.24) is 0 Å². The van der Waals surface area contributed by atoms with Crippen LogP contribution < -0.4 is 0 Å².